The van der Waals surface area contributed by atoms with Crippen molar-refractivity contribution in [2.45, 2.75) is 63.6 Å². The van der Waals surface area contributed by atoms with E-state index in [1.807, 2.05) is 54.6 Å². The van der Waals surface area contributed by atoms with Gasteiger partial charge in [0.2, 0.25) is 5.91 Å². The summed E-state index contributed by atoms with van der Waals surface area (Å²) in [5.74, 6) is -0.0999. The lowest BCUT2D eigenvalue weighted by atomic mass is 9.96. The largest absolute Gasteiger partial charge is 0.351 e. The number of hydrogen-bond acceptors (Lipinski definition) is 2. The molecule has 1 aliphatic carbocycles. The predicted octanol–water partition coefficient (Wildman–Crippen LogP) is 4.61. The van der Waals surface area contributed by atoms with Crippen molar-refractivity contribution in [1.82, 2.24) is 10.2 Å². The summed E-state index contributed by atoms with van der Waals surface area (Å²) in [6.45, 7) is 0.442. The number of fused-ring (bicyclic) bond motifs is 1. The first-order valence-electron chi connectivity index (χ1n) is 10.5. The normalized spacial score (nSPS) is 20.4. The van der Waals surface area contributed by atoms with Gasteiger partial charge in [-0.2, -0.15) is 0 Å². The van der Waals surface area contributed by atoms with Gasteiger partial charge in [-0.1, -0.05) is 80.6 Å². The molecule has 0 radical (unpaired) electrons. The molecule has 4 rings (SSSR count). The van der Waals surface area contributed by atoms with E-state index >= 15 is 0 Å². The molecule has 2 aromatic rings. The second-order valence-corrected chi connectivity index (χ2v) is 7.96. The molecule has 0 bridgehead atoms. The zero-order chi connectivity index (χ0) is 19.3. The van der Waals surface area contributed by atoms with Gasteiger partial charge in [-0.25, -0.2) is 0 Å². The number of amides is 2. The van der Waals surface area contributed by atoms with E-state index in [4.69, 9.17) is 0 Å². The molecule has 4 heteroatoms. The van der Waals surface area contributed by atoms with Crippen molar-refractivity contribution < 1.29 is 9.59 Å². The van der Waals surface area contributed by atoms with Crippen molar-refractivity contribution in [2.75, 3.05) is 0 Å². The van der Waals surface area contributed by atoms with E-state index in [0.29, 0.717) is 12.1 Å². The first-order chi connectivity index (χ1) is 13.7. The van der Waals surface area contributed by atoms with E-state index in [-0.39, 0.29) is 17.9 Å². The highest BCUT2D eigenvalue weighted by atomic mass is 16.2. The second-order valence-electron chi connectivity index (χ2n) is 7.96. The van der Waals surface area contributed by atoms with Gasteiger partial charge >= 0.3 is 0 Å². The van der Waals surface area contributed by atoms with Crippen LogP contribution in [0.3, 0.4) is 0 Å². The zero-order valence-corrected chi connectivity index (χ0v) is 16.3. The molecule has 1 fully saturated rings. The third-order valence-corrected chi connectivity index (χ3v) is 5.95. The van der Waals surface area contributed by atoms with E-state index in [1.165, 1.54) is 32.1 Å². The van der Waals surface area contributed by atoms with Crippen LogP contribution < -0.4 is 5.32 Å². The summed E-state index contributed by atoms with van der Waals surface area (Å²) >= 11 is 0. The Bertz CT molecular complexity index is 826. The Labute approximate surface area is 166 Å². The molecule has 2 amide bonds. The molecular weight excluding hydrogens is 348 g/mol. The van der Waals surface area contributed by atoms with Crippen LogP contribution >= 0.6 is 0 Å². The van der Waals surface area contributed by atoms with E-state index in [9.17, 15) is 9.59 Å². The van der Waals surface area contributed by atoms with Crippen molar-refractivity contribution in [1.29, 1.82) is 0 Å². The molecule has 2 aliphatic rings. The molecule has 28 heavy (non-hydrogen) atoms. The van der Waals surface area contributed by atoms with Crippen molar-refractivity contribution >= 4 is 11.8 Å². The van der Waals surface area contributed by atoms with Gasteiger partial charge in [-0.3, -0.25) is 9.59 Å². The summed E-state index contributed by atoms with van der Waals surface area (Å²) in [5.41, 5.74) is 2.51. The topological polar surface area (TPSA) is 49.4 Å². The molecule has 1 heterocycles. The van der Waals surface area contributed by atoms with Crippen LogP contribution in [-0.4, -0.2) is 22.8 Å². The first-order valence-corrected chi connectivity index (χ1v) is 10.5. The van der Waals surface area contributed by atoms with Crippen molar-refractivity contribution in [3.05, 3.63) is 71.3 Å². The molecule has 1 N–H and O–H groups in total. The minimum absolute atomic E-state index is 0.0418. The molecule has 2 aromatic carbocycles. The van der Waals surface area contributed by atoms with Crippen LogP contribution in [0.1, 0.15) is 72.5 Å². The Morgan fingerprint density at radius 1 is 0.893 bits per heavy atom. The summed E-state index contributed by atoms with van der Waals surface area (Å²) in [5, 5.41) is 3.27. The van der Waals surface area contributed by atoms with Gasteiger partial charge in [0.15, 0.2) is 0 Å². The smallest absolute Gasteiger partial charge is 0.255 e. The van der Waals surface area contributed by atoms with Gasteiger partial charge in [0, 0.05) is 18.2 Å². The number of rotatable bonds is 4. The molecule has 1 atom stereocenters. The summed E-state index contributed by atoms with van der Waals surface area (Å²) in [6.07, 6.45) is 8.20. The Morgan fingerprint density at radius 3 is 2.29 bits per heavy atom. The number of carbonyl (C=O) groups is 2. The Kier molecular flexibility index (Phi) is 5.75. The molecule has 0 unspecified atom stereocenters. The van der Waals surface area contributed by atoms with Crippen LogP contribution in [0, 0.1) is 0 Å². The quantitative estimate of drug-likeness (QED) is 0.847. The number of benzene rings is 2. The average Bonchev–Trinajstić information content (AvgIpc) is 2.97. The van der Waals surface area contributed by atoms with Crippen LogP contribution in [-0.2, 0) is 11.3 Å². The SMILES string of the molecule is O=C(NC1CCCCCCC1)[C@@H]1c2ccccc2C(=O)N1Cc1ccccc1. The predicted molar refractivity (Wildman–Crippen MR) is 110 cm³/mol. The first kappa shape index (κ1) is 18.7. The zero-order valence-electron chi connectivity index (χ0n) is 16.3. The minimum atomic E-state index is -0.547. The summed E-state index contributed by atoms with van der Waals surface area (Å²) in [7, 11) is 0. The molecule has 0 aromatic heterocycles. The standard InChI is InChI=1S/C24H28N2O2/c27-23(25-19-13-7-2-1-3-8-14-19)22-20-15-9-10-16-21(20)24(28)26(22)17-18-11-5-4-6-12-18/h4-6,9-12,15-16,19,22H,1-3,7-8,13-14,17H2,(H,25,27)/t22-/m0/s1. The fourth-order valence-corrected chi connectivity index (χ4v) is 4.48. The highest BCUT2D eigenvalue weighted by Gasteiger charge is 2.41. The monoisotopic (exact) mass is 376 g/mol. The van der Waals surface area contributed by atoms with Crippen LogP contribution in [0.5, 0.6) is 0 Å². The van der Waals surface area contributed by atoms with Crippen molar-refractivity contribution in [2.24, 2.45) is 0 Å². The summed E-state index contributed by atoms with van der Waals surface area (Å²) < 4.78 is 0. The molecule has 0 saturated heterocycles. The third-order valence-electron chi connectivity index (χ3n) is 5.95. The number of hydrogen-bond donors (Lipinski definition) is 1. The van der Waals surface area contributed by atoms with Crippen LogP contribution in [0.25, 0.3) is 0 Å². The lowest BCUT2D eigenvalue weighted by Crippen LogP contribution is -2.43. The molecule has 4 nitrogen and oxygen atoms in total. The average molecular weight is 377 g/mol. The molecule has 1 saturated carbocycles. The third kappa shape index (κ3) is 3.96. The summed E-state index contributed by atoms with van der Waals surface area (Å²) in [6, 6.07) is 17.1. The Hall–Kier alpha value is -2.62. The van der Waals surface area contributed by atoms with Gasteiger partial charge in [0.05, 0.1) is 0 Å². The fourth-order valence-electron chi connectivity index (χ4n) is 4.48. The maximum absolute atomic E-state index is 13.3. The maximum atomic E-state index is 13.3. The molecular formula is C24H28N2O2. The fraction of sp³-hybridized carbons (Fsp3) is 0.417. The minimum Gasteiger partial charge on any atom is -0.351 e. The van der Waals surface area contributed by atoms with Crippen molar-refractivity contribution in [3.8, 4) is 0 Å². The molecule has 1 aliphatic heterocycles. The van der Waals surface area contributed by atoms with Gasteiger partial charge < -0.3 is 10.2 Å². The van der Waals surface area contributed by atoms with Gasteiger partial charge in [0.25, 0.3) is 5.91 Å². The van der Waals surface area contributed by atoms with Gasteiger partial charge in [-0.15, -0.1) is 0 Å². The molecule has 146 valence electrons. The van der Waals surface area contributed by atoms with E-state index in [0.717, 1.165) is 24.0 Å². The summed E-state index contributed by atoms with van der Waals surface area (Å²) in [4.78, 5) is 28.1. The van der Waals surface area contributed by atoms with E-state index in [1.54, 1.807) is 4.90 Å². The second kappa shape index (κ2) is 8.59. The van der Waals surface area contributed by atoms with Gasteiger partial charge in [0.1, 0.15) is 6.04 Å². The number of nitrogens with one attached hydrogen (secondary N) is 1. The van der Waals surface area contributed by atoms with Crippen LogP contribution in [0.4, 0.5) is 0 Å². The lowest BCUT2D eigenvalue weighted by molar-refractivity contribution is -0.126. The van der Waals surface area contributed by atoms with Gasteiger partial charge in [-0.05, 0) is 30.0 Å². The van der Waals surface area contributed by atoms with Crippen molar-refractivity contribution in [3.63, 3.8) is 0 Å². The van der Waals surface area contributed by atoms with Crippen LogP contribution in [0.15, 0.2) is 54.6 Å². The number of nitrogens with zero attached hydrogens (tertiary/aromatic N) is 1. The highest BCUT2D eigenvalue weighted by Crippen LogP contribution is 2.35. The lowest BCUT2D eigenvalue weighted by Gasteiger charge is -2.28. The maximum Gasteiger partial charge on any atom is 0.255 e. The number of carbonyl (C=O) groups excluding carboxylic acids is 2. The van der Waals surface area contributed by atoms with Crippen LogP contribution in [0.2, 0.25) is 0 Å². The van der Waals surface area contributed by atoms with E-state index < -0.39 is 6.04 Å². The Balaban J connectivity index is 1.57. The highest BCUT2D eigenvalue weighted by molar-refractivity contribution is 6.04. The molecule has 0 spiro atoms. The van der Waals surface area contributed by atoms with E-state index in [2.05, 4.69) is 5.32 Å². The Morgan fingerprint density at radius 2 is 1.54 bits per heavy atom.